The zero-order valence-corrected chi connectivity index (χ0v) is 15.0. The normalized spacial score (nSPS) is 20.0. The van der Waals surface area contributed by atoms with Crippen LogP contribution in [-0.4, -0.2) is 46.0 Å². The summed E-state index contributed by atoms with van der Waals surface area (Å²) in [7, 11) is 1.69. The number of amides is 1. The maximum absolute atomic E-state index is 13.0. The zero-order valence-electron chi connectivity index (χ0n) is 15.0. The second-order valence-electron chi connectivity index (χ2n) is 7.24. The Morgan fingerprint density at radius 3 is 2.84 bits per heavy atom. The highest BCUT2D eigenvalue weighted by Crippen LogP contribution is 2.33. The predicted octanol–water partition coefficient (Wildman–Crippen LogP) is 2.28. The Bertz CT molecular complexity index is 771. The van der Waals surface area contributed by atoms with E-state index in [0.717, 1.165) is 23.7 Å². The van der Waals surface area contributed by atoms with Crippen molar-refractivity contribution in [2.75, 3.05) is 20.3 Å². The third-order valence-electron chi connectivity index (χ3n) is 5.10. The van der Waals surface area contributed by atoms with Crippen molar-refractivity contribution in [3.8, 4) is 0 Å². The van der Waals surface area contributed by atoms with E-state index in [1.54, 1.807) is 21.0 Å². The third-order valence-corrected chi connectivity index (χ3v) is 5.10. The van der Waals surface area contributed by atoms with Crippen LogP contribution in [0.4, 0.5) is 0 Å². The first-order valence-corrected chi connectivity index (χ1v) is 8.84. The van der Waals surface area contributed by atoms with Crippen molar-refractivity contribution in [3.63, 3.8) is 0 Å². The fourth-order valence-electron chi connectivity index (χ4n) is 3.66. The van der Waals surface area contributed by atoms with Gasteiger partial charge in [0.05, 0.1) is 18.0 Å². The van der Waals surface area contributed by atoms with E-state index in [1.165, 1.54) is 12.8 Å². The van der Waals surface area contributed by atoms with Gasteiger partial charge >= 0.3 is 0 Å². The zero-order chi connectivity index (χ0) is 17.6. The monoisotopic (exact) mass is 344 g/mol. The molecule has 0 bridgehead atoms. The standard InChI is InChI=1S/C18H24N4O3/c1-11-16(12(2)25-20-11)18(23)21-7-14-9-22(6-13-4-5-13)19-17(14)15(8-21)10-24-3/h9,13,15H,4-8,10H2,1-3H3/t15-/m1/s1. The summed E-state index contributed by atoms with van der Waals surface area (Å²) in [5.41, 5.74) is 3.41. The summed E-state index contributed by atoms with van der Waals surface area (Å²) in [5, 5.41) is 8.70. The van der Waals surface area contributed by atoms with Crippen molar-refractivity contribution in [2.24, 2.45) is 5.92 Å². The van der Waals surface area contributed by atoms with Crippen molar-refractivity contribution in [1.29, 1.82) is 0 Å². The van der Waals surface area contributed by atoms with E-state index < -0.39 is 0 Å². The molecular formula is C18H24N4O3. The van der Waals surface area contributed by atoms with Crippen molar-refractivity contribution in [2.45, 2.75) is 45.7 Å². The molecule has 2 aromatic rings. The number of fused-ring (bicyclic) bond motifs is 1. The lowest BCUT2D eigenvalue weighted by Gasteiger charge is -2.31. The number of carbonyl (C=O) groups is 1. The van der Waals surface area contributed by atoms with Gasteiger partial charge in [0.25, 0.3) is 5.91 Å². The number of rotatable bonds is 5. The quantitative estimate of drug-likeness (QED) is 0.832. The molecule has 2 aromatic heterocycles. The first-order chi connectivity index (χ1) is 12.1. The number of hydrogen-bond donors (Lipinski definition) is 0. The van der Waals surface area contributed by atoms with Gasteiger partial charge in [0.15, 0.2) is 0 Å². The maximum Gasteiger partial charge on any atom is 0.259 e. The van der Waals surface area contributed by atoms with Crippen LogP contribution in [0, 0.1) is 19.8 Å². The van der Waals surface area contributed by atoms with Crippen LogP contribution in [0.1, 0.15) is 51.8 Å². The number of methoxy groups -OCH3 is 1. The SMILES string of the molecule is COC[C@H]1CN(C(=O)c2c(C)noc2C)Cc2cn(CC3CC3)nc21. The number of carbonyl (C=O) groups excluding carboxylic acids is 1. The van der Waals surface area contributed by atoms with Gasteiger partial charge in [-0.25, -0.2) is 0 Å². The first kappa shape index (κ1) is 16.3. The average molecular weight is 344 g/mol. The Balaban J connectivity index is 1.61. The van der Waals surface area contributed by atoms with Gasteiger partial charge in [-0.15, -0.1) is 0 Å². The van der Waals surface area contributed by atoms with Crippen molar-refractivity contribution in [3.05, 3.63) is 34.5 Å². The van der Waals surface area contributed by atoms with Gasteiger partial charge in [0.2, 0.25) is 0 Å². The Morgan fingerprint density at radius 2 is 2.20 bits per heavy atom. The van der Waals surface area contributed by atoms with Gasteiger partial charge in [-0.2, -0.15) is 5.10 Å². The number of ether oxygens (including phenoxy) is 1. The van der Waals surface area contributed by atoms with Crippen LogP contribution < -0.4 is 0 Å². The summed E-state index contributed by atoms with van der Waals surface area (Å²) in [6.45, 7) is 6.29. The second-order valence-corrected chi connectivity index (χ2v) is 7.24. The van der Waals surface area contributed by atoms with Gasteiger partial charge in [-0.1, -0.05) is 5.16 Å². The Morgan fingerprint density at radius 1 is 1.40 bits per heavy atom. The fourth-order valence-corrected chi connectivity index (χ4v) is 3.66. The van der Waals surface area contributed by atoms with Gasteiger partial charge in [-0.3, -0.25) is 9.48 Å². The summed E-state index contributed by atoms with van der Waals surface area (Å²) in [5.74, 6) is 1.40. The molecule has 2 aliphatic rings. The molecule has 0 radical (unpaired) electrons. The number of aryl methyl sites for hydroxylation is 2. The molecule has 3 heterocycles. The van der Waals surface area contributed by atoms with E-state index in [1.807, 2.05) is 4.90 Å². The minimum Gasteiger partial charge on any atom is -0.384 e. The summed E-state index contributed by atoms with van der Waals surface area (Å²) in [6.07, 6.45) is 4.69. The summed E-state index contributed by atoms with van der Waals surface area (Å²) in [4.78, 5) is 14.9. The maximum atomic E-state index is 13.0. The van der Waals surface area contributed by atoms with E-state index in [2.05, 4.69) is 16.0 Å². The van der Waals surface area contributed by atoms with Crippen LogP contribution >= 0.6 is 0 Å². The molecule has 134 valence electrons. The van der Waals surface area contributed by atoms with E-state index in [4.69, 9.17) is 14.4 Å². The van der Waals surface area contributed by atoms with E-state index in [-0.39, 0.29) is 11.8 Å². The highest BCUT2D eigenvalue weighted by Gasteiger charge is 2.34. The average Bonchev–Trinajstić information content (AvgIpc) is 3.19. The molecule has 1 amide bonds. The third kappa shape index (κ3) is 3.08. The smallest absolute Gasteiger partial charge is 0.259 e. The molecule has 7 heteroatoms. The van der Waals surface area contributed by atoms with E-state index in [9.17, 15) is 4.79 Å². The summed E-state index contributed by atoms with van der Waals surface area (Å²) >= 11 is 0. The molecule has 7 nitrogen and oxygen atoms in total. The minimum atomic E-state index is -0.0297. The fraction of sp³-hybridized carbons (Fsp3) is 0.611. The molecule has 1 atom stereocenters. The topological polar surface area (TPSA) is 73.4 Å². The summed E-state index contributed by atoms with van der Waals surface area (Å²) < 4.78 is 12.6. The largest absolute Gasteiger partial charge is 0.384 e. The molecule has 0 saturated heterocycles. The van der Waals surface area contributed by atoms with Gasteiger partial charge in [0.1, 0.15) is 11.3 Å². The van der Waals surface area contributed by atoms with Gasteiger partial charge < -0.3 is 14.2 Å². The highest BCUT2D eigenvalue weighted by molar-refractivity contribution is 5.96. The molecule has 1 saturated carbocycles. The number of aromatic nitrogens is 3. The van der Waals surface area contributed by atoms with Gasteiger partial charge in [0, 0.05) is 44.4 Å². The first-order valence-electron chi connectivity index (χ1n) is 8.84. The lowest BCUT2D eigenvalue weighted by Crippen LogP contribution is -2.39. The van der Waals surface area contributed by atoms with Crippen LogP contribution in [0.3, 0.4) is 0 Å². The Labute approximate surface area is 146 Å². The predicted molar refractivity (Wildman–Crippen MR) is 90.3 cm³/mol. The molecule has 1 aliphatic carbocycles. The van der Waals surface area contributed by atoms with Crippen molar-refractivity contribution < 1.29 is 14.1 Å². The molecule has 0 unspecified atom stereocenters. The van der Waals surface area contributed by atoms with Crippen molar-refractivity contribution >= 4 is 5.91 Å². The minimum absolute atomic E-state index is 0.0297. The molecule has 25 heavy (non-hydrogen) atoms. The Hall–Kier alpha value is -2.15. The molecule has 1 fully saturated rings. The number of hydrogen-bond acceptors (Lipinski definition) is 5. The number of nitrogens with zero attached hydrogens (tertiary/aromatic N) is 4. The van der Waals surface area contributed by atoms with Crippen LogP contribution in [0.2, 0.25) is 0 Å². The molecule has 0 spiro atoms. The van der Waals surface area contributed by atoms with Crippen LogP contribution in [0.5, 0.6) is 0 Å². The van der Waals surface area contributed by atoms with Crippen LogP contribution in [-0.2, 0) is 17.8 Å². The molecule has 0 aromatic carbocycles. The van der Waals surface area contributed by atoms with Crippen LogP contribution in [0.25, 0.3) is 0 Å². The lowest BCUT2D eigenvalue weighted by atomic mass is 9.96. The Kier molecular flexibility index (Phi) is 4.11. The van der Waals surface area contributed by atoms with E-state index >= 15 is 0 Å². The molecule has 1 aliphatic heterocycles. The molecular weight excluding hydrogens is 320 g/mol. The van der Waals surface area contributed by atoms with E-state index in [0.29, 0.717) is 36.7 Å². The second kappa shape index (κ2) is 6.29. The lowest BCUT2D eigenvalue weighted by molar-refractivity contribution is 0.0676. The van der Waals surface area contributed by atoms with Crippen LogP contribution in [0.15, 0.2) is 10.7 Å². The molecule has 4 rings (SSSR count). The summed E-state index contributed by atoms with van der Waals surface area (Å²) in [6, 6.07) is 0. The molecule has 0 N–H and O–H groups in total. The van der Waals surface area contributed by atoms with Gasteiger partial charge in [-0.05, 0) is 32.6 Å². The van der Waals surface area contributed by atoms with Crippen molar-refractivity contribution in [1.82, 2.24) is 19.8 Å². The highest BCUT2D eigenvalue weighted by atomic mass is 16.5.